The SMILES string of the molecule is CCCNC1C(CN(C)CC2CC2)C(C)(C)OC1(C)C. The van der Waals surface area contributed by atoms with Gasteiger partial charge >= 0.3 is 0 Å². The van der Waals surface area contributed by atoms with Crippen molar-refractivity contribution in [3.63, 3.8) is 0 Å². The van der Waals surface area contributed by atoms with Crippen LogP contribution in [0.25, 0.3) is 0 Å². The standard InChI is InChI=1S/C17H34N2O/c1-7-10-18-15-14(12-19(6)11-13-8-9-13)16(2,3)20-17(15,4)5/h13-15,18H,7-12H2,1-6H3. The molecule has 3 heteroatoms. The maximum Gasteiger partial charge on any atom is 0.0790 e. The van der Waals surface area contributed by atoms with Gasteiger partial charge in [-0.1, -0.05) is 6.92 Å². The van der Waals surface area contributed by atoms with Crippen molar-refractivity contribution in [2.75, 3.05) is 26.7 Å². The van der Waals surface area contributed by atoms with Gasteiger partial charge in [-0.25, -0.2) is 0 Å². The molecule has 2 atom stereocenters. The van der Waals surface area contributed by atoms with Crippen molar-refractivity contribution < 1.29 is 4.74 Å². The second kappa shape index (κ2) is 5.94. The van der Waals surface area contributed by atoms with Crippen molar-refractivity contribution >= 4 is 0 Å². The summed E-state index contributed by atoms with van der Waals surface area (Å²) in [5.74, 6) is 1.51. The highest BCUT2D eigenvalue weighted by molar-refractivity contribution is 5.06. The second-order valence-corrected chi connectivity index (χ2v) is 8.01. The fraction of sp³-hybridized carbons (Fsp3) is 1.00. The zero-order valence-electron chi connectivity index (χ0n) is 14.3. The van der Waals surface area contributed by atoms with E-state index in [9.17, 15) is 0 Å². The summed E-state index contributed by atoms with van der Waals surface area (Å²) in [4.78, 5) is 2.52. The van der Waals surface area contributed by atoms with Crippen molar-refractivity contribution in [3.05, 3.63) is 0 Å². The van der Waals surface area contributed by atoms with E-state index in [-0.39, 0.29) is 11.2 Å². The molecule has 0 spiro atoms. The number of nitrogens with one attached hydrogen (secondary N) is 1. The van der Waals surface area contributed by atoms with E-state index in [1.807, 2.05) is 0 Å². The predicted molar refractivity (Wildman–Crippen MR) is 85.0 cm³/mol. The predicted octanol–water partition coefficient (Wildman–Crippen LogP) is 2.90. The third-order valence-electron chi connectivity index (χ3n) is 4.96. The summed E-state index contributed by atoms with van der Waals surface area (Å²) >= 11 is 0. The zero-order valence-corrected chi connectivity index (χ0v) is 14.3. The summed E-state index contributed by atoms with van der Waals surface area (Å²) in [7, 11) is 2.27. The van der Waals surface area contributed by atoms with Crippen LogP contribution in [0.2, 0.25) is 0 Å². The molecule has 1 aliphatic heterocycles. The van der Waals surface area contributed by atoms with Crippen LogP contribution in [-0.2, 0) is 4.74 Å². The normalized spacial score (nSPS) is 31.9. The maximum atomic E-state index is 6.39. The average molecular weight is 282 g/mol. The maximum absolute atomic E-state index is 6.39. The van der Waals surface area contributed by atoms with Gasteiger partial charge in [-0.2, -0.15) is 0 Å². The summed E-state index contributed by atoms with van der Waals surface area (Å²) in [5, 5.41) is 3.75. The van der Waals surface area contributed by atoms with E-state index >= 15 is 0 Å². The summed E-state index contributed by atoms with van der Waals surface area (Å²) in [5.41, 5.74) is -0.128. The smallest absolute Gasteiger partial charge is 0.0790 e. The molecule has 0 aromatic heterocycles. The molecular weight excluding hydrogens is 248 g/mol. The Balaban J connectivity index is 2.03. The molecule has 0 aromatic rings. The first-order valence-electron chi connectivity index (χ1n) is 8.38. The Kier molecular flexibility index (Phi) is 4.83. The zero-order chi connectivity index (χ0) is 15.0. The van der Waals surface area contributed by atoms with Crippen LogP contribution in [0.15, 0.2) is 0 Å². The first-order valence-corrected chi connectivity index (χ1v) is 8.38. The molecule has 20 heavy (non-hydrogen) atoms. The molecule has 1 saturated carbocycles. The Morgan fingerprint density at radius 3 is 2.30 bits per heavy atom. The lowest BCUT2D eigenvalue weighted by molar-refractivity contribution is -0.0793. The lowest BCUT2D eigenvalue weighted by Gasteiger charge is -2.33. The monoisotopic (exact) mass is 282 g/mol. The summed E-state index contributed by atoms with van der Waals surface area (Å²) in [6.45, 7) is 14.7. The Morgan fingerprint density at radius 1 is 1.10 bits per heavy atom. The van der Waals surface area contributed by atoms with Crippen molar-refractivity contribution in [1.29, 1.82) is 0 Å². The van der Waals surface area contributed by atoms with Crippen molar-refractivity contribution in [2.24, 2.45) is 11.8 Å². The van der Waals surface area contributed by atoms with Crippen LogP contribution in [0, 0.1) is 11.8 Å². The van der Waals surface area contributed by atoms with Crippen molar-refractivity contribution in [1.82, 2.24) is 10.2 Å². The van der Waals surface area contributed by atoms with Crippen LogP contribution in [0.5, 0.6) is 0 Å². The van der Waals surface area contributed by atoms with Gasteiger partial charge in [0.15, 0.2) is 0 Å². The molecule has 0 radical (unpaired) electrons. The summed E-state index contributed by atoms with van der Waals surface area (Å²) < 4.78 is 6.39. The number of ether oxygens (including phenoxy) is 1. The van der Waals surface area contributed by atoms with Gasteiger partial charge in [0.25, 0.3) is 0 Å². The minimum absolute atomic E-state index is 0.0489. The van der Waals surface area contributed by atoms with Gasteiger partial charge in [-0.05, 0) is 66.5 Å². The Hall–Kier alpha value is -0.120. The molecule has 2 rings (SSSR count). The lowest BCUT2D eigenvalue weighted by Crippen LogP contribution is -2.51. The van der Waals surface area contributed by atoms with Crippen LogP contribution in [0.1, 0.15) is 53.9 Å². The van der Waals surface area contributed by atoms with E-state index in [0.717, 1.165) is 19.0 Å². The third-order valence-corrected chi connectivity index (χ3v) is 4.96. The highest BCUT2D eigenvalue weighted by atomic mass is 16.5. The first-order chi connectivity index (χ1) is 9.26. The van der Waals surface area contributed by atoms with Crippen LogP contribution >= 0.6 is 0 Å². The Bertz CT molecular complexity index is 323. The van der Waals surface area contributed by atoms with Crippen LogP contribution in [-0.4, -0.2) is 48.8 Å². The Labute approximate surface area is 125 Å². The molecule has 0 amide bonds. The van der Waals surface area contributed by atoms with Gasteiger partial charge in [0.1, 0.15) is 0 Å². The van der Waals surface area contributed by atoms with Gasteiger partial charge < -0.3 is 15.0 Å². The van der Waals surface area contributed by atoms with Gasteiger partial charge in [-0.15, -0.1) is 0 Å². The number of nitrogens with zero attached hydrogens (tertiary/aromatic N) is 1. The molecule has 0 aromatic carbocycles. The number of rotatable bonds is 7. The molecule has 2 unspecified atom stereocenters. The topological polar surface area (TPSA) is 24.5 Å². The van der Waals surface area contributed by atoms with Crippen molar-refractivity contribution in [2.45, 2.75) is 71.1 Å². The molecule has 1 heterocycles. The van der Waals surface area contributed by atoms with Crippen molar-refractivity contribution in [3.8, 4) is 0 Å². The molecule has 3 nitrogen and oxygen atoms in total. The molecule has 2 aliphatic rings. The van der Waals surface area contributed by atoms with E-state index < -0.39 is 0 Å². The third kappa shape index (κ3) is 3.75. The highest BCUT2D eigenvalue weighted by Crippen LogP contribution is 2.43. The molecule has 1 N–H and O–H groups in total. The molecule has 2 fully saturated rings. The van der Waals surface area contributed by atoms with E-state index in [4.69, 9.17) is 4.74 Å². The lowest BCUT2D eigenvalue weighted by atomic mass is 9.82. The van der Waals surface area contributed by atoms with Gasteiger partial charge in [0, 0.05) is 25.0 Å². The minimum Gasteiger partial charge on any atom is -0.368 e. The Morgan fingerprint density at radius 2 is 1.75 bits per heavy atom. The van der Waals surface area contributed by atoms with E-state index in [2.05, 4.69) is 51.9 Å². The molecule has 1 aliphatic carbocycles. The molecule has 1 saturated heterocycles. The van der Waals surface area contributed by atoms with Gasteiger partial charge in [-0.3, -0.25) is 0 Å². The van der Waals surface area contributed by atoms with Gasteiger partial charge in [0.2, 0.25) is 0 Å². The quantitative estimate of drug-likeness (QED) is 0.777. The van der Waals surface area contributed by atoms with Crippen LogP contribution < -0.4 is 5.32 Å². The fourth-order valence-corrected chi connectivity index (χ4v) is 3.87. The molecular formula is C17H34N2O. The summed E-state index contributed by atoms with van der Waals surface area (Å²) in [6, 6.07) is 0.444. The van der Waals surface area contributed by atoms with Crippen LogP contribution in [0.3, 0.4) is 0 Å². The number of hydrogen-bond donors (Lipinski definition) is 1. The van der Waals surface area contributed by atoms with E-state index in [1.165, 1.54) is 25.8 Å². The highest BCUT2D eigenvalue weighted by Gasteiger charge is 2.53. The molecule has 0 bridgehead atoms. The van der Waals surface area contributed by atoms with Gasteiger partial charge in [0.05, 0.1) is 11.2 Å². The van der Waals surface area contributed by atoms with E-state index in [0.29, 0.717) is 12.0 Å². The average Bonchev–Trinajstić information content (AvgIpc) is 3.06. The second-order valence-electron chi connectivity index (χ2n) is 8.01. The summed E-state index contributed by atoms with van der Waals surface area (Å²) in [6.07, 6.45) is 4.04. The fourth-order valence-electron chi connectivity index (χ4n) is 3.87. The largest absolute Gasteiger partial charge is 0.368 e. The molecule has 118 valence electrons. The minimum atomic E-state index is -0.0796. The van der Waals surface area contributed by atoms with Crippen LogP contribution in [0.4, 0.5) is 0 Å². The first kappa shape index (κ1) is 16.3. The van der Waals surface area contributed by atoms with E-state index in [1.54, 1.807) is 0 Å². The number of hydrogen-bond acceptors (Lipinski definition) is 3.